The number of rotatable bonds is 9. The van der Waals surface area contributed by atoms with Crippen LogP contribution in [0.2, 0.25) is 0 Å². The lowest BCUT2D eigenvalue weighted by Crippen LogP contribution is -2.54. The summed E-state index contributed by atoms with van der Waals surface area (Å²) in [5.41, 5.74) is 1.58. The Balaban J connectivity index is 1.34. The molecule has 0 unspecified atom stereocenters. The molecule has 2 saturated heterocycles. The minimum atomic E-state index is -4.43. The van der Waals surface area contributed by atoms with E-state index in [9.17, 15) is 36.3 Å². The van der Waals surface area contributed by atoms with Gasteiger partial charge < -0.3 is 25.0 Å². The highest BCUT2D eigenvalue weighted by Gasteiger charge is 2.37. The number of hydrogen-bond acceptors (Lipinski definition) is 7. The number of sulfone groups is 1. The molecule has 0 aromatic heterocycles. The fourth-order valence-electron chi connectivity index (χ4n) is 6.08. The molecular formula is C34H38F3N3O6S. The largest absolute Gasteiger partial charge is 0.416 e. The zero-order chi connectivity index (χ0) is 33.8. The van der Waals surface area contributed by atoms with Gasteiger partial charge in [-0.1, -0.05) is 31.2 Å². The van der Waals surface area contributed by atoms with Gasteiger partial charge in [0.15, 0.2) is 9.84 Å². The fourth-order valence-corrected chi connectivity index (χ4v) is 6.96. The third-order valence-corrected chi connectivity index (χ3v) is 10.6. The molecule has 0 bridgehead atoms. The van der Waals surface area contributed by atoms with Gasteiger partial charge in [0.2, 0.25) is 5.91 Å². The zero-order valence-corrected chi connectivity index (χ0v) is 26.8. The molecule has 3 atom stereocenters. The van der Waals surface area contributed by atoms with Crippen molar-refractivity contribution in [3.63, 3.8) is 0 Å². The summed E-state index contributed by atoms with van der Waals surface area (Å²) < 4.78 is 69.2. The average Bonchev–Trinajstić information content (AvgIpc) is 3.10. The molecule has 3 aromatic carbocycles. The predicted octanol–water partition coefficient (Wildman–Crippen LogP) is 4.57. The maximum Gasteiger partial charge on any atom is 0.416 e. The average molecular weight is 674 g/mol. The summed E-state index contributed by atoms with van der Waals surface area (Å²) in [5.74, 6) is -0.650. The van der Waals surface area contributed by atoms with Gasteiger partial charge in [-0.2, -0.15) is 13.2 Å². The van der Waals surface area contributed by atoms with Gasteiger partial charge in [0.05, 0.1) is 42.1 Å². The molecule has 9 nitrogen and oxygen atoms in total. The van der Waals surface area contributed by atoms with Crippen molar-refractivity contribution in [3.05, 3.63) is 95.1 Å². The highest BCUT2D eigenvalue weighted by Crippen LogP contribution is 2.36. The third kappa shape index (κ3) is 7.96. The van der Waals surface area contributed by atoms with Crippen LogP contribution in [0.3, 0.4) is 0 Å². The standard InChI is InChI=1S/C34H38F3N3O6S/c1-2-47(44,45)29-14-7-24(8-15-29)30(22-41)38-32(42)25-5-12-28(13-6-25)40-21-26(23-3-10-27(11-4-23)34(35,36)37)9-16-31(40)33(43)39-17-19-46-20-18-39/h3-8,10-15,26,30-31,41H,2,9,16-22H2,1H3,(H,38,42)/t26-,30-,31-/m0/s1. The molecule has 13 heteroatoms. The van der Waals surface area contributed by atoms with E-state index in [1.54, 1.807) is 48.2 Å². The number of nitrogens with one attached hydrogen (secondary N) is 1. The van der Waals surface area contributed by atoms with Crippen LogP contribution in [-0.4, -0.2) is 81.5 Å². The molecule has 2 N–H and O–H groups in total. The highest BCUT2D eigenvalue weighted by molar-refractivity contribution is 7.91. The maximum atomic E-state index is 13.7. The van der Waals surface area contributed by atoms with Crippen molar-refractivity contribution < 1.29 is 41.0 Å². The third-order valence-electron chi connectivity index (χ3n) is 8.87. The summed E-state index contributed by atoms with van der Waals surface area (Å²) in [6, 6.07) is 16.6. The summed E-state index contributed by atoms with van der Waals surface area (Å²) in [6.07, 6.45) is -3.31. The summed E-state index contributed by atoms with van der Waals surface area (Å²) >= 11 is 0. The van der Waals surface area contributed by atoms with Crippen molar-refractivity contribution in [2.24, 2.45) is 0 Å². The van der Waals surface area contributed by atoms with Gasteiger partial charge in [0.1, 0.15) is 6.04 Å². The summed E-state index contributed by atoms with van der Waals surface area (Å²) in [5, 5.41) is 12.8. The first-order valence-corrected chi connectivity index (χ1v) is 17.2. The van der Waals surface area contributed by atoms with Crippen LogP contribution in [0.5, 0.6) is 0 Å². The van der Waals surface area contributed by atoms with Gasteiger partial charge in [-0.3, -0.25) is 9.59 Å². The number of halogens is 3. The first-order valence-electron chi connectivity index (χ1n) is 15.6. The Morgan fingerprint density at radius 2 is 1.60 bits per heavy atom. The molecule has 0 radical (unpaired) electrons. The number of morpholine rings is 1. The van der Waals surface area contributed by atoms with E-state index in [-0.39, 0.29) is 22.5 Å². The van der Waals surface area contributed by atoms with Gasteiger partial charge in [-0.05, 0) is 72.5 Å². The number of aliphatic hydroxyl groups excluding tert-OH is 1. The van der Waals surface area contributed by atoms with Crippen molar-refractivity contribution in [2.75, 3.05) is 50.1 Å². The van der Waals surface area contributed by atoms with E-state index >= 15 is 0 Å². The minimum absolute atomic E-state index is 0.0375. The van der Waals surface area contributed by atoms with Crippen LogP contribution in [0, 0.1) is 0 Å². The predicted molar refractivity (Wildman–Crippen MR) is 170 cm³/mol. The van der Waals surface area contributed by atoms with Gasteiger partial charge in [0.25, 0.3) is 5.91 Å². The number of aliphatic hydroxyl groups is 1. The van der Waals surface area contributed by atoms with E-state index in [1.165, 1.54) is 24.3 Å². The molecule has 0 saturated carbocycles. The number of amides is 2. The second kappa shape index (κ2) is 14.4. The lowest BCUT2D eigenvalue weighted by atomic mass is 9.86. The second-order valence-electron chi connectivity index (χ2n) is 11.7. The molecular weight excluding hydrogens is 635 g/mol. The number of carbonyl (C=O) groups is 2. The van der Waals surface area contributed by atoms with Crippen molar-refractivity contribution in [1.82, 2.24) is 10.2 Å². The van der Waals surface area contributed by atoms with Crippen LogP contribution in [0.25, 0.3) is 0 Å². The summed E-state index contributed by atoms with van der Waals surface area (Å²) in [6.45, 7) is 3.40. The Morgan fingerprint density at radius 1 is 0.957 bits per heavy atom. The number of ether oxygens (including phenoxy) is 1. The lowest BCUT2D eigenvalue weighted by Gasteiger charge is -2.43. The van der Waals surface area contributed by atoms with Crippen LogP contribution in [0.4, 0.5) is 18.9 Å². The Morgan fingerprint density at radius 3 is 2.17 bits per heavy atom. The van der Waals surface area contributed by atoms with Crippen LogP contribution in [-0.2, 0) is 25.5 Å². The van der Waals surface area contributed by atoms with E-state index in [2.05, 4.69) is 5.32 Å². The van der Waals surface area contributed by atoms with Crippen molar-refractivity contribution >= 4 is 27.3 Å². The number of benzene rings is 3. The molecule has 2 heterocycles. The maximum absolute atomic E-state index is 13.7. The molecule has 252 valence electrons. The van der Waals surface area contributed by atoms with Gasteiger partial charge in [-0.15, -0.1) is 0 Å². The number of carbonyl (C=O) groups excluding carboxylic acids is 2. The van der Waals surface area contributed by atoms with Gasteiger partial charge >= 0.3 is 6.18 Å². The van der Waals surface area contributed by atoms with E-state index in [0.717, 1.165) is 17.7 Å². The van der Waals surface area contributed by atoms with Crippen molar-refractivity contribution in [3.8, 4) is 0 Å². The molecule has 2 amide bonds. The highest BCUT2D eigenvalue weighted by atomic mass is 32.2. The molecule has 0 spiro atoms. The minimum Gasteiger partial charge on any atom is -0.394 e. The number of anilines is 1. The molecule has 2 aliphatic heterocycles. The molecule has 2 aliphatic rings. The molecule has 3 aromatic rings. The number of piperidine rings is 1. The Labute approximate surface area is 272 Å². The fraction of sp³-hybridized carbons (Fsp3) is 0.412. The summed E-state index contributed by atoms with van der Waals surface area (Å²) in [7, 11) is -3.39. The normalized spacial score (nSPS) is 19.7. The number of alkyl halides is 3. The topological polar surface area (TPSA) is 116 Å². The van der Waals surface area contributed by atoms with E-state index in [1.807, 2.05) is 4.90 Å². The lowest BCUT2D eigenvalue weighted by molar-refractivity contribution is -0.138. The van der Waals surface area contributed by atoms with Gasteiger partial charge in [-0.25, -0.2) is 8.42 Å². The van der Waals surface area contributed by atoms with Gasteiger partial charge in [0, 0.05) is 36.8 Å². The SMILES string of the molecule is CCS(=O)(=O)c1ccc([C@H](CO)NC(=O)c2ccc(N3C[C@@H](c4ccc(C(F)(F)F)cc4)CC[C@H]3C(=O)N3CCOCC3)cc2)cc1. The van der Waals surface area contributed by atoms with Crippen LogP contribution < -0.4 is 10.2 Å². The van der Waals surface area contributed by atoms with E-state index in [4.69, 9.17) is 4.74 Å². The Kier molecular flexibility index (Phi) is 10.6. The molecule has 2 fully saturated rings. The summed E-state index contributed by atoms with van der Waals surface area (Å²) in [4.78, 5) is 30.8. The molecule has 5 rings (SSSR count). The molecule has 47 heavy (non-hydrogen) atoms. The smallest absolute Gasteiger partial charge is 0.394 e. The quantitative estimate of drug-likeness (QED) is 0.342. The van der Waals surface area contributed by atoms with Crippen molar-refractivity contribution in [1.29, 1.82) is 0 Å². The van der Waals surface area contributed by atoms with Crippen molar-refractivity contribution in [2.45, 2.75) is 48.8 Å². The van der Waals surface area contributed by atoms with E-state index in [0.29, 0.717) is 62.5 Å². The van der Waals surface area contributed by atoms with Crippen LogP contribution >= 0.6 is 0 Å². The Hall–Kier alpha value is -3.94. The van der Waals surface area contributed by atoms with Crippen LogP contribution in [0.1, 0.15) is 58.8 Å². The Bertz CT molecular complexity index is 1640. The van der Waals surface area contributed by atoms with Crippen LogP contribution in [0.15, 0.2) is 77.7 Å². The first kappa shape index (κ1) is 34.4. The monoisotopic (exact) mass is 673 g/mol. The molecule has 0 aliphatic carbocycles. The first-order chi connectivity index (χ1) is 22.4. The number of hydrogen-bond donors (Lipinski definition) is 2. The second-order valence-corrected chi connectivity index (χ2v) is 14.0. The zero-order valence-electron chi connectivity index (χ0n) is 25.9. The van der Waals surface area contributed by atoms with E-state index < -0.39 is 46.2 Å². The number of nitrogens with zero attached hydrogens (tertiary/aromatic N) is 2.